The summed E-state index contributed by atoms with van der Waals surface area (Å²) in [4.78, 5) is 34.8. The molecule has 1 N–H and O–H groups in total. The Morgan fingerprint density at radius 1 is 1.25 bits per heavy atom. The first kappa shape index (κ1) is 18.8. The molecule has 1 saturated heterocycles. The number of halogens is 2. The molecule has 9 heteroatoms. The van der Waals surface area contributed by atoms with Crippen molar-refractivity contribution in [2.45, 2.75) is 71.0 Å². The lowest BCUT2D eigenvalue weighted by Crippen LogP contribution is -2.45. The Labute approximate surface area is 160 Å². The maximum absolute atomic E-state index is 13.3. The Balaban J connectivity index is 1.64. The highest BCUT2D eigenvalue weighted by molar-refractivity contribution is 5.81. The molecule has 0 unspecified atom stereocenters. The largest absolute Gasteiger partial charge is 0.334 e. The number of carbonyl (C=O) groups excluding carboxylic acids is 1. The van der Waals surface area contributed by atoms with E-state index in [1.165, 1.54) is 10.7 Å². The van der Waals surface area contributed by atoms with Crippen molar-refractivity contribution in [2.24, 2.45) is 0 Å². The molecule has 7 nitrogen and oxygen atoms in total. The lowest BCUT2D eigenvalue weighted by molar-refractivity contribution is -0.137. The molecule has 0 radical (unpaired) electrons. The van der Waals surface area contributed by atoms with Crippen LogP contribution >= 0.6 is 0 Å². The second kappa shape index (κ2) is 6.79. The fraction of sp³-hybridized carbons (Fsp3) is 0.579. The number of hydrogen-bond acceptors (Lipinski definition) is 4. The Morgan fingerprint density at radius 2 is 1.93 bits per heavy atom. The molecule has 150 valence electrons. The summed E-state index contributed by atoms with van der Waals surface area (Å²) in [6.07, 6.45) is -0.0118. The van der Waals surface area contributed by atoms with Gasteiger partial charge in [0.1, 0.15) is 17.6 Å². The zero-order valence-corrected chi connectivity index (χ0v) is 16.1. The van der Waals surface area contributed by atoms with Gasteiger partial charge in [0.15, 0.2) is 0 Å². The zero-order chi connectivity index (χ0) is 20.2. The molecule has 1 amide bonds. The van der Waals surface area contributed by atoms with Gasteiger partial charge in [-0.05, 0) is 39.7 Å². The van der Waals surface area contributed by atoms with E-state index in [-0.39, 0.29) is 29.2 Å². The van der Waals surface area contributed by atoms with Crippen molar-refractivity contribution in [2.75, 3.05) is 0 Å². The van der Waals surface area contributed by atoms with Crippen LogP contribution in [-0.2, 0) is 17.6 Å². The Bertz CT molecular complexity index is 983. The van der Waals surface area contributed by atoms with Crippen LogP contribution in [0, 0.1) is 13.8 Å². The quantitative estimate of drug-likeness (QED) is 0.870. The average molecular weight is 391 g/mol. The topological polar surface area (TPSA) is 83.9 Å². The minimum Gasteiger partial charge on any atom is -0.334 e. The van der Waals surface area contributed by atoms with Gasteiger partial charge in [0.25, 0.3) is 12.0 Å². The molecular formula is C19H23F2N5O2. The third-order valence-corrected chi connectivity index (χ3v) is 5.85. The van der Waals surface area contributed by atoms with Crippen molar-refractivity contribution in [3.05, 3.63) is 44.9 Å². The summed E-state index contributed by atoms with van der Waals surface area (Å²) < 4.78 is 27.3. The van der Waals surface area contributed by atoms with Gasteiger partial charge in [-0.1, -0.05) is 0 Å². The first-order valence-corrected chi connectivity index (χ1v) is 9.51. The number of hydrogen-bond donors (Lipinski definition) is 1. The van der Waals surface area contributed by atoms with Crippen molar-refractivity contribution in [3.8, 4) is 0 Å². The summed E-state index contributed by atoms with van der Waals surface area (Å²) in [5, 5.41) is 3.94. The molecule has 2 bridgehead atoms. The number of fused-ring (bicyclic) bond motifs is 3. The Hall–Kier alpha value is -2.58. The standard InChI is InChI=1S/C19H23F2N5O2/c1-9-6-16(17(20)21)24-26(9)10(2)19(28)25-12-4-5-13(25)8-15-14(7-12)18(27)23-11(3)22-15/h6,10,12-13,17H,4-5,7-8H2,1-3H3,(H,22,23,27)/t10-,12+,13+/m0/s1. The van der Waals surface area contributed by atoms with Crippen LogP contribution in [0.1, 0.15) is 60.7 Å². The van der Waals surface area contributed by atoms with Crippen molar-refractivity contribution in [1.82, 2.24) is 24.6 Å². The van der Waals surface area contributed by atoms with Gasteiger partial charge < -0.3 is 9.88 Å². The summed E-state index contributed by atoms with van der Waals surface area (Å²) in [7, 11) is 0. The number of alkyl halides is 2. The van der Waals surface area contributed by atoms with E-state index in [0.29, 0.717) is 29.9 Å². The first-order chi connectivity index (χ1) is 13.3. The summed E-state index contributed by atoms with van der Waals surface area (Å²) in [5.74, 6) is 0.417. The van der Waals surface area contributed by atoms with Gasteiger partial charge in [-0.25, -0.2) is 13.8 Å². The van der Waals surface area contributed by atoms with Crippen molar-refractivity contribution < 1.29 is 13.6 Å². The number of rotatable bonds is 3. The molecule has 0 spiro atoms. The maximum Gasteiger partial charge on any atom is 0.282 e. The van der Waals surface area contributed by atoms with Crippen molar-refractivity contribution in [1.29, 1.82) is 0 Å². The van der Waals surface area contributed by atoms with E-state index in [2.05, 4.69) is 15.1 Å². The van der Waals surface area contributed by atoms with Gasteiger partial charge in [0.05, 0.1) is 5.69 Å². The van der Waals surface area contributed by atoms with E-state index in [9.17, 15) is 18.4 Å². The molecule has 28 heavy (non-hydrogen) atoms. The molecule has 1 fully saturated rings. The van der Waals surface area contributed by atoms with Gasteiger partial charge in [0.2, 0.25) is 5.91 Å². The van der Waals surface area contributed by atoms with Gasteiger partial charge in [0, 0.05) is 36.2 Å². The van der Waals surface area contributed by atoms with Crippen molar-refractivity contribution >= 4 is 5.91 Å². The molecule has 3 atom stereocenters. The second-order valence-corrected chi connectivity index (χ2v) is 7.75. The van der Waals surface area contributed by atoms with E-state index in [1.54, 1.807) is 20.8 Å². The number of aryl methyl sites for hydroxylation is 2. The number of aromatic nitrogens is 4. The molecule has 2 aromatic rings. The zero-order valence-electron chi connectivity index (χ0n) is 16.1. The summed E-state index contributed by atoms with van der Waals surface area (Å²) in [6.45, 7) is 5.10. The number of H-pyrrole nitrogens is 1. The van der Waals surface area contributed by atoms with Gasteiger partial charge in [-0.2, -0.15) is 5.10 Å². The molecular weight excluding hydrogens is 368 g/mol. The lowest BCUT2D eigenvalue weighted by atomic mass is 9.98. The SMILES string of the molecule is Cc1nc2c(c(=O)[nH]1)C[C@H]1CC[C@H](C2)N1C(=O)[C@H](C)n1nc(C(F)F)cc1C. The number of aromatic amines is 1. The van der Waals surface area contributed by atoms with Crippen LogP contribution in [0.2, 0.25) is 0 Å². The number of nitrogens with one attached hydrogen (secondary N) is 1. The normalized spacial score (nSPS) is 22.3. The van der Waals surface area contributed by atoms with E-state index in [0.717, 1.165) is 18.5 Å². The van der Waals surface area contributed by atoms with Crippen LogP contribution < -0.4 is 5.56 Å². The predicted molar refractivity (Wildman–Crippen MR) is 97.3 cm³/mol. The van der Waals surface area contributed by atoms with Crippen LogP contribution in [-0.4, -0.2) is 42.6 Å². The van der Waals surface area contributed by atoms with E-state index >= 15 is 0 Å². The summed E-state index contributed by atoms with van der Waals surface area (Å²) >= 11 is 0. The van der Waals surface area contributed by atoms with Gasteiger partial charge in [-0.15, -0.1) is 0 Å². The average Bonchev–Trinajstić information content (AvgIpc) is 3.14. The van der Waals surface area contributed by atoms with Crippen LogP contribution in [0.4, 0.5) is 8.78 Å². The first-order valence-electron chi connectivity index (χ1n) is 9.51. The molecule has 2 aliphatic rings. The minimum absolute atomic E-state index is 0.0414. The highest BCUT2D eigenvalue weighted by atomic mass is 19.3. The fourth-order valence-corrected chi connectivity index (χ4v) is 4.56. The van der Waals surface area contributed by atoms with E-state index in [1.807, 2.05) is 4.90 Å². The molecule has 0 aliphatic carbocycles. The summed E-state index contributed by atoms with van der Waals surface area (Å²) in [5.41, 5.74) is 1.47. The monoisotopic (exact) mass is 391 g/mol. The molecule has 2 aromatic heterocycles. The van der Waals surface area contributed by atoms with Crippen LogP contribution in [0.3, 0.4) is 0 Å². The molecule has 2 aliphatic heterocycles. The third-order valence-electron chi connectivity index (χ3n) is 5.85. The molecule has 4 rings (SSSR count). The summed E-state index contributed by atoms with van der Waals surface area (Å²) in [6, 6.07) is 0.496. The number of carbonyl (C=O) groups is 1. The Kier molecular flexibility index (Phi) is 4.55. The molecule has 0 aromatic carbocycles. The highest BCUT2D eigenvalue weighted by Crippen LogP contribution is 2.34. The van der Waals surface area contributed by atoms with Crippen LogP contribution in [0.5, 0.6) is 0 Å². The van der Waals surface area contributed by atoms with Gasteiger partial charge >= 0.3 is 0 Å². The van der Waals surface area contributed by atoms with Crippen molar-refractivity contribution in [3.63, 3.8) is 0 Å². The maximum atomic E-state index is 13.3. The number of amides is 1. The van der Waals surface area contributed by atoms with Crippen LogP contribution in [0.25, 0.3) is 0 Å². The second-order valence-electron chi connectivity index (χ2n) is 7.75. The third kappa shape index (κ3) is 3.02. The van der Waals surface area contributed by atoms with Crippen LogP contribution in [0.15, 0.2) is 10.9 Å². The van der Waals surface area contributed by atoms with E-state index < -0.39 is 12.5 Å². The van der Waals surface area contributed by atoms with Gasteiger partial charge in [-0.3, -0.25) is 14.3 Å². The number of nitrogens with zero attached hydrogens (tertiary/aromatic N) is 4. The molecule has 4 heterocycles. The fourth-order valence-electron chi connectivity index (χ4n) is 4.56. The predicted octanol–water partition coefficient (Wildman–Crippen LogP) is 2.24. The lowest BCUT2D eigenvalue weighted by Gasteiger charge is -2.31. The minimum atomic E-state index is -2.67. The molecule has 0 saturated carbocycles. The van der Waals surface area contributed by atoms with E-state index in [4.69, 9.17) is 0 Å². The highest BCUT2D eigenvalue weighted by Gasteiger charge is 2.42. The Morgan fingerprint density at radius 3 is 2.57 bits per heavy atom. The smallest absolute Gasteiger partial charge is 0.282 e.